The molecule has 3 rings (SSSR count). The van der Waals surface area contributed by atoms with E-state index in [-0.39, 0.29) is 18.4 Å². The van der Waals surface area contributed by atoms with E-state index in [1.54, 1.807) is 0 Å². The highest BCUT2D eigenvalue weighted by atomic mass is 35.5. The summed E-state index contributed by atoms with van der Waals surface area (Å²) >= 11 is 7.48. The van der Waals surface area contributed by atoms with Gasteiger partial charge in [-0.25, -0.2) is 0 Å². The number of benzene rings is 1. The molecule has 1 aliphatic heterocycles. The summed E-state index contributed by atoms with van der Waals surface area (Å²) in [5.74, 6) is 1.48. The second-order valence-electron chi connectivity index (χ2n) is 4.47. The highest BCUT2D eigenvalue weighted by Crippen LogP contribution is 2.27. The fourth-order valence-electron chi connectivity index (χ4n) is 2.09. The van der Waals surface area contributed by atoms with Gasteiger partial charge in [-0.3, -0.25) is 0 Å². The van der Waals surface area contributed by atoms with Gasteiger partial charge in [0.1, 0.15) is 0 Å². The maximum Gasteiger partial charge on any atom is 0.276 e. The van der Waals surface area contributed by atoms with Crippen molar-refractivity contribution in [3.63, 3.8) is 0 Å². The Balaban J connectivity index is 0.00000147. The van der Waals surface area contributed by atoms with E-state index >= 15 is 0 Å². The molecule has 0 unspecified atom stereocenters. The normalized spacial score (nSPS) is 17.9. The van der Waals surface area contributed by atoms with Crippen LogP contribution in [0.25, 0.3) is 0 Å². The van der Waals surface area contributed by atoms with E-state index in [4.69, 9.17) is 16.0 Å². The molecule has 7 heteroatoms. The molecule has 0 radical (unpaired) electrons. The Kier molecular flexibility index (Phi) is 5.72. The number of hydrogen-bond donors (Lipinski definition) is 1. The summed E-state index contributed by atoms with van der Waals surface area (Å²) < 4.78 is 5.66. The molecule has 1 atom stereocenters. The summed E-state index contributed by atoms with van der Waals surface area (Å²) in [5, 5.41) is 12.9. The molecule has 0 saturated carbocycles. The van der Waals surface area contributed by atoms with Gasteiger partial charge in [-0.1, -0.05) is 35.5 Å². The van der Waals surface area contributed by atoms with Gasteiger partial charge in [-0.2, -0.15) is 0 Å². The third kappa shape index (κ3) is 3.88. The molecule has 0 bridgehead atoms. The summed E-state index contributed by atoms with van der Waals surface area (Å²) in [6, 6.07) is 8.03. The van der Waals surface area contributed by atoms with Crippen molar-refractivity contribution < 1.29 is 16.8 Å². The molecular weight excluding hydrogens is 317 g/mol. The number of aromatic nitrogens is 2. The molecular formula is C13H14Cl2N3OS-. The molecule has 0 aliphatic carbocycles. The quantitative estimate of drug-likeness (QED) is 0.824. The first kappa shape index (κ1) is 15.6. The molecule has 1 aromatic heterocycles. The number of thioether (sulfide) groups is 1. The lowest BCUT2D eigenvalue weighted by Crippen LogP contribution is -3.00. The van der Waals surface area contributed by atoms with Crippen molar-refractivity contribution in [3.8, 4) is 0 Å². The van der Waals surface area contributed by atoms with E-state index < -0.39 is 0 Å². The second-order valence-corrected chi connectivity index (χ2v) is 5.84. The minimum atomic E-state index is 0. The van der Waals surface area contributed by atoms with Gasteiger partial charge in [0.25, 0.3) is 5.22 Å². The van der Waals surface area contributed by atoms with Crippen LogP contribution in [0.5, 0.6) is 0 Å². The van der Waals surface area contributed by atoms with Gasteiger partial charge in [-0.05, 0) is 37.1 Å². The lowest BCUT2D eigenvalue weighted by Gasteiger charge is -2.02. The minimum Gasteiger partial charge on any atom is -1.00 e. The first-order chi connectivity index (χ1) is 9.31. The maximum atomic E-state index is 5.95. The summed E-state index contributed by atoms with van der Waals surface area (Å²) in [7, 11) is 0. The molecule has 108 valence electrons. The van der Waals surface area contributed by atoms with Crippen LogP contribution in [0.4, 0.5) is 0 Å². The van der Waals surface area contributed by atoms with Crippen molar-refractivity contribution in [2.75, 3.05) is 6.54 Å². The standard InChI is InChI=1S/C13H14ClN3OS.ClH/c14-10-4-1-3-9(7-10)8-19-13-17-16-12(18-13)11-5-2-6-15-11;/h1,3-4,7,11,15H,2,5-6,8H2;1H/p-1/t11-;/m0./s1. The van der Waals surface area contributed by atoms with E-state index in [9.17, 15) is 0 Å². The zero-order chi connectivity index (χ0) is 13.1. The Labute approximate surface area is 133 Å². The van der Waals surface area contributed by atoms with E-state index in [0.29, 0.717) is 11.1 Å². The molecule has 1 saturated heterocycles. The average molecular weight is 331 g/mol. The van der Waals surface area contributed by atoms with Crippen LogP contribution in [0.2, 0.25) is 5.02 Å². The van der Waals surface area contributed by atoms with E-state index in [2.05, 4.69) is 15.5 Å². The maximum absolute atomic E-state index is 5.95. The smallest absolute Gasteiger partial charge is 0.276 e. The van der Waals surface area contributed by atoms with Crippen LogP contribution in [0, 0.1) is 0 Å². The molecule has 1 N–H and O–H groups in total. The highest BCUT2D eigenvalue weighted by molar-refractivity contribution is 7.98. The lowest BCUT2D eigenvalue weighted by molar-refractivity contribution is -0.00000440. The van der Waals surface area contributed by atoms with Crippen LogP contribution in [-0.2, 0) is 5.75 Å². The highest BCUT2D eigenvalue weighted by Gasteiger charge is 2.22. The van der Waals surface area contributed by atoms with Crippen molar-refractivity contribution in [2.24, 2.45) is 0 Å². The number of rotatable bonds is 4. The fraction of sp³-hybridized carbons (Fsp3) is 0.385. The first-order valence-electron chi connectivity index (χ1n) is 6.25. The predicted octanol–water partition coefficient (Wildman–Crippen LogP) is 0.444. The van der Waals surface area contributed by atoms with Gasteiger partial charge in [0.05, 0.1) is 6.04 Å². The first-order valence-corrected chi connectivity index (χ1v) is 7.61. The van der Waals surface area contributed by atoms with Crippen LogP contribution < -0.4 is 17.7 Å². The van der Waals surface area contributed by atoms with Crippen LogP contribution in [0.3, 0.4) is 0 Å². The van der Waals surface area contributed by atoms with E-state index in [0.717, 1.165) is 35.7 Å². The molecule has 1 aliphatic rings. The largest absolute Gasteiger partial charge is 1.00 e. The van der Waals surface area contributed by atoms with Crippen LogP contribution in [0.1, 0.15) is 30.3 Å². The van der Waals surface area contributed by atoms with Crippen molar-refractivity contribution >= 4 is 23.4 Å². The van der Waals surface area contributed by atoms with Crippen molar-refractivity contribution in [2.45, 2.75) is 29.9 Å². The third-order valence-electron chi connectivity index (χ3n) is 3.03. The van der Waals surface area contributed by atoms with E-state index in [1.165, 1.54) is 11.8 Å². The Hall–Kier alpha value is -0.750. The molecule has 1 aromatic carbocycles. The Morgan fingerprint density at radius 3 is 3.05 bits per heavy atom. The summed E-state index contributed by atoms with van der Waals surface area (Å²) in [6.07, 6.45) is 2.23. The zero-order valence-corrected chi connectivity index (χ0v) is 13.0. The minimum absolute atomic E-state index is 0. The number of hydrogen-bond acceptors (Lipinski definition) is 5. The molecule has 2 aromatic rings. The topological polar surface area (TPSA) is 51.0 Å². The Morgan fingerprint density at radius 1 is 1.40 bits per heavy atom. The molecule has 2 heterocycles. The van der Waals surface area contributed by atoms with Gasteiger partial charge >= 0.3 is 0 Å². The molecule has 4 nitrogen and oxygen atoms in total. The molecule has 0 amide bonds. The van der Waals surface area contributed by atoms with Gasteiger partial charge in [0.2, 0.25) is 5.89 Å². The number of nitrogens with one attached hydrogen (secondary N) is 1. The third-order valence-corrected chi connectivity index (χ3v) is 4.16. The summed E-state index contributed by atoms with van der Waals surface area (Å²) in [4.78, 5) is 0. The fourth-order valence-corrected chi connectivity index (χ4v) is 3.01. The summed E-state index contributed by atoms with van der Waals surface area (Å²) in [6.45, 7) is 1.03. The summed E-state index contributed by atoms with van der Waals surface area (Å²) in [5.41, 5.74) is 1.15. The SMILES string of the molecule is Clc1cccc(CSc2nnc([C@@H]3CCCN3)o2)c1.[Cl-]. The van der Waals surface area contributed by atoms with Crippen molar-refractivity contribution in [1.82, 2.24) is 15.5 Å². The lowest BCUT2D eigenvalue weighted by atomic mass is 10.2. The van der Waals surface area contributed by atoms with Crippen molar-refractivity contribution in [1.29, 1.82) is 0 Å². The van der Waals surface area contributed by atoms with Gasteiger partial charge in [0.15, 0.2) is 0 Å². The zero-order valence-electron chi connectivity index (χ0n) is 10.7. The number of halogens is 2. The Morgan fingerprint density at radius 2 is 2.30 bits per heavy atom. The molecule has 1 fully saturated rings. The number of nitrogens with zero attached hydrogens (tertiary/aromatic N) is 2. The van der Waals surface area contributed by atoms with E-state index in [1.807, 2.05) is 24.3 Å². The van der Waals surface area contributed by atoms with Crippen LogP contribution in [-0.4, -0.2) is 16.7 Å². The van der Waals surface area contributed by atoms with Gasteiger partial charge in [0, 0.05) is 10.8 Å². The average Bonchev–Trinajstić information content (AvgIpc) is 3.07. The van der Waals surface area contributed by atoms with Crippen LogP contribution >= 0.6 is 23.4 Å². The monoisotopic (exact) mass is 330 g/mol. The van der Waals surface area contributed by atoms with Crippen molar-refractivity contribution in [3.05, 3.63) is 40.7 Å². The van der Waals surface area contributed by atoms with Crippen LogP contribution in [0.15, 0.2) is 33.9 Å². The predicted molar refractivity (Wildman–Crippen MR) is 75.3 cm³/mol. The van der Waals surface area contributed by atoms with Gasteiger partial charge in [-0.15, -0.1) is 10.2 Å². The molecule has 0 spiro atoms. The van der Waals surface area contributed by atoms with Gasteiger partial charge < -0.3 is 22.1 Å². The second kappa shape index (κ2) is 7.31. The molecule has 20 heavy (non-hydrogen) atoms. The Bertz CT molecular complexity index is 558.